The van der Waals surface area contributed by atoms with Crippen molar-refractivity contribution in [3.05, 3.63) is 5.28 Å². The molecule has 0 aliphatic rings. The van der Waals surface area contributed by atoms with E-state index in [1.807, 2.05) is 6.92 Å². The molecule has 1 aromatic heterocycles. The van der Waals surface area contributed by atoms with Crippen LogP contribution in [-0.2, 0) is 0 Å². The Morgan fingerprint density at radius 2 is 2.06 bits per heavy atom. The molecule has 102 valence electrons. The molecule has 0 saturated carbocycles. The number of anilines is 1. The Morgan fingerprint density at radius 3 is 2.61 bits per heavy atom. The fourth-order valence-corrected chi connectivity index (χ4v) is 1.67. The molecule has 0 amide bonds. The first-order chi connectivity index (χ1) is 8.55. The van der Waals surface area contributed by atoms with Gasteiger partial charge >= 0.3 is 6.01 Å². The maximum atomic E-state index is 9.28. The lowest BCUT2D eigenvalue weighted by Crippen LogP contribution is -2.26. The zero-order chi connectivity index (χ0) is 13.5. The molecule has 18 heavy (non-hydrogen) atoms. The fraction of sp³-hybridized carbons (Fsp3) is 0.727. The minimum Gasteiger partial charge on any atom is -0.464 e. The van der Waals surface area contributed by atoms with Gasteiger partial charge in [0.15, 0.2) is 0 Å². The van der Waals surface area contributed by atoms with Gasteiger partial charge < -0.3 is 15.2 Å². The van der Waals surface area contributed by atoms with Crippen molar-refractivity contribution in [3.8, 4) is 6.01 Å². The van der Waals surface area contributed by atoms with Crippen molar-refractivity contribution in [2.75, 3.05) is 18.5 Å². The molecule has 1 heterocycles. The molecular weight excluding hydrogens is 256 g/mol. The maximum Gasteiger partial charge on any atom is 0.322 e. The number of aliphatic hydroxyl groups excluding tert-OH is 1. The third-order valence-electron chi connectivity index (χ3n) is 2.17. The number of hydrogen-bond acceptors (Lipinski definition) is 6. The third kappa shape index (κ3) is 5.01. The molecule has 2 N–H and O–H groups in total. The van der Waals surface area contributed by atoms with Gasteiger partial charge in [0, 0.05) is 0 Å². The smallest absolute Gasteiger partial charge is 0.322 e. The van der Waals surface area contributed by atoms with Gasteiger partial charge in [0.1, 0.15) is 0 Å². The van der Waals surface area contributed by atoms with E-state index in [4.69, 9.17) is 16.3 Å². The summed E-state index contributed by atoms with van der Waals surface area (Å²) >= 11 is 5.77. The van der Waals surface area contributed by atoms with Crippen molar-refractivity contribution in [1.29, 1.82) is 0 Å². The van der Waals surface area contributed by atoms with Crippen molar-refractivity contribution in [3.63, 3.8) is 0 Å². The summed E-state index contributed by atoms with van der Waals surface area (Å²) in [7, 11) is 0. The lowest BCUT2D eigenvalue weighted by Gasteiger charge is -2.18. The van der Waals surface area contributed by atoms with Gasteiger partial charge in [-0.05, 0) is 30.9 Å². The summed E-state index contributed by atoms with van der Waals surface area (Å²) in [6.07, 6.45) is 0.809. The molecule has 0 fully saturated rings. The fourth-order valence-electron chi connectivity index (χ4n) is 1.52. The van der Waals surface area contributed by atoms with E-state index in [1.165, 1.54) is 0 Å². The minimum absolute atomic E-state index is 0.00541. The van der Waals surface area contributed by atoms with Crippen LogP contribution in [0.25, 0.3) is 0 Å². The number of aliphatic hydroxyl groups is 1. The molecule has 1 aromatic rings. The number of hydrogen-bond donors (Lipinski definition) is 2. The Morgan fingerprint density at radius 1 is 1.33 bits per heavy atom. The van der Waals surface area contributed by atoms with Gasteiger partial charge in [-0.3, -0.25) is 0 Å². The van der Waals surface area contributed by atoms with Gasteiger partial charge in [0.2, 0.25) is 11.2 Å². The summed E-state index contributed by atoms with van der Waals surface area (Å²) in [4.78, 5) is 11.9. The first kappa shape index (κ1) is 14.9. The Balaban J connectivity index is 2.75. The van der Waals surface area contributed by atoms with Crippen molar-refractivity contribution >= 4 is 17.5 Å². The van der Waals surface area contributed by atoms with Gasteiger partial charge in [0.25, 0.3) is 0 Å². The number of rotatable bonds is 7. The van der Waals surface area contributed by atoms with E-state index < -0.39 is 0 Å². The number of aromatic nitrogens is 3. The molecule has 0 aliphatic carbocycles. The molecular formula is C11H19ClN4O2. The van der Waals surface area contributed by atoms with Crippen LogP contribution in [-0.4, -0.2) is 39.3 Å². The van der Waals surface area contributed by atoms with E-state index in [0.717, 1.165) is 6.42 Å². The van der Waals surface area contributed by atoms with Crippen LogP contribution in [0.4, 0.5) is 5.95 Å². The zero-order valence-electron chi connectivity index (χ0n) is 10.9. The highest BCUT2D eigenvalue weighted by atomic mass is 35.5. The van der Waals surface area contributed by atoms with E-state index in [0.29, 0.717) is 18.5 Å². The van der Waals surface area contributed by atoms with E-state index in [-0.39, 0.29) is 23.9 Å². The molecule has 0 aromatic carbocycles. The summed E-state index contributed by atoms with van der Waals surface area (Å²) in [5, 5.41) is 12.4. The lowest BCUT2D eigenvalue weighted by atomic mass is 10.0. The normalized spacial score (nSPS) is 12.6. The third-order valence-corrected chi connectivity index (χ3v) is 2.34. The molecule has 0 spiro atoms. The van der Waals surface area contributed by atoms with Crippen LogP contribution < -0.4 is 10.1 Å². The van der Waals surface area contributed by atoms with Crippen molar-refractivity contribution in [2.24, 2.45) is 5.92 Å². The number of ether oxygens (including phenoxy) is 1. The van der Waals surface area contributed by atoms with Crippen molar-refractivity contribution < 1.29 is 9.84 Å². The van der Waals surface area contributed by atoms with E-state index in [2.05, 4.69) is 34.1 Å². The van der Waals surface area contributed by atoms with Crippen LogP contribution in [0.2, 0.25) is 5.28 Å². The summed E-state index contributed by atoms with van der Waals surface area (Å²) in [6, 6.07) is 0.0687. The first-order valence-corrected chi connectivity index (χ1v) is 6.34. The van der Waals surface area contributed by atoms with Crippen LogP contribution in [0.3, 0.4) is 0 Å². The second-order valence-electron chi connectivity index (χ2n) is 4.30. The van der Waals surface area contributed by atoms with E-state index in [1.54, 1.807) is 0 Å². The van der Waals surface area contributed by atoms with Crippen molar-refractivity contribution in [2.45, 2.75) is 33.2 Å². The number of halogens is 1. The van der Waals surface area contributed by atoms with Gasteiger partial charge in [-0.25, -0.2) is 0 Å². The van der Waals surface area contributed by atoms with Crippen molar-refractivity contribution in [1.82, 2.24) is 15.0 Å². The number of nitrogens with one attached hydrogen (secondary N) is 1. The molecule has 0 saturated heterocycles. The van der Waals surface area contributed by atoms with Crippen LogP contribution >= 0.6 is 11.6 Å². The summed E-state index contributed by atoms with van der Waals surface area (Å²) in [6.45, 7) is 6.45. The zero-order valence-corrected chi connectivity index (χ0v) is 11.6. The Labute approximate surface area is 112 Å². The predicted molar refractivity (Wildman–Crippen MR) is 70.0 cm³/mol. The summed E-state index contributed by atoms with van der Waals surface area (Å²) < 4.78 is 5.17. The standard InChI is InChI=1S/C11H19ClN4O2/c1-4-18-11-15-9(12)14-10(16-11)13-8(6-17)5-7(2)3/h7-8,17H,4-6H2,1-3H3,(H,13,14,15,16). The highest BCUT2D eigenvalue weighted by Crippen LogP contribution is 2.14. The molecule has 1 unspecified atom stereocenters. The van der Waals surface area contributed by atoms with Crippen LogP contribution in [0.15, 0.2) is 0 Å². The van der Waals surface area contributed by atoms with Gasteiger partial charge in [-0.1, -0.05) is 13.8 Å². The Kier molecular flexibility index (Phi) is 6.07. The first-order valence-electron chi connectivity index (χ1n) is 5.96. The monoisotopic (exact) mass is 274 g/mol. The molecule has 6 nitrogen and oxygen atoms in total. The molecule has 0 radical (unpaired) electrons. The second-order valence-corrected chi connectivity index (χ2v) is 4.64. The van der Waals surface area contributed by atoms with Crippen LogP contribution in [0.1, 0.15) is 27.2 Å². The SMILES string of the molecule is CCOc1nc(Cl)nc(NC(CO)CC(C)C)n1. The van der Waals surface area contributed by atoms with E-state index in [9.17, 15) is 5.11 Å². The Hall–Kier alpha value is -1.14. The van der Waals surface area contributed by atoms with Gasteiger partial charge in [0.05, 0.1) is 19.3 Å². The average molecular weight is 275 g/mol. The molecule has 0 bridgehead atoms. The molecule has 7 heteroatoms. The maximum absolute atomic E-state index is 9.28. The van der Waals surface area contributed by atoms with Crippen LogP contribution in [0.5, 0.6) is 6.01 Å². The van der Waals surface area contributed by atoms with Crippen LogP contribution in [0, 0.1) is 5.92 Å². The lowest BCUT2D eigenvalue weighted by molar-refractivity contribution is 0.258. The van der Waals surface area contributed by atoms with Gasteiger partial charge in [-0.15, -0.1) is 0 Å². The highest BCUT2D eigenvalue weighted by Gasteiger charge is 2.13. The molecule has 1 rings (SSSR count). The average Bonchev–Trinajstić information content (AvgIpc) is 2.27. The topological polar surface area (TPSA) is 80.2 Å². The minimum atomic E-state index is -0.113. The number of nitrogens with zero attached hydrogens (tertiary/aromatic N) is 3. The highest BCUT2D eigenvalue weighted by molar-refractivity contribution is 6.28. The van der Waals surface area contributed by atoms with Gasteiger partial charge in [-0.2, -0.15) is 15.0 Å². The quantitative estimate of drug-likeness (QED) is 0.788. The largest absolute Gasteiger partial charge is 0.464 e. The Bertz CT molecular complexity index is 376. The predicted octanol–water partition coefficient (Wildman–Crippen LogP) is 1.74. The molecule has 1 atom stereocenters. The summed E-state index contributed by atoms with van der Waals surface area (Å²) in [5.41, 5.74) is 0. The summed E-state index contributed by atoms with van der Waals surface area (Å²) in [5.74, 6) is 0.775. The molecule has 0 aliphatic heterocycles. The van der Waals surface area contributed by atoms with E-state index >= 15 is 0 Å². The second kappa shape index (κ2) is 7.33.